The molecule has 0 unspecified atom stereocenters. The van der Waals surface area contributed by atoms with Gasteiger partial charge in [0.25, 0.3) is 5.91 Å². The van der Waals surface area contributed by atoms with Crippen LogP contribution in [0.4, 0.5) is 0 Å². The normalized spacial score (nSPS) is 25.8. The zero-order chi connectivity index (χ0) is 20.2. The lowest BCUT2D eigenvalue weighted by Gasteiger charge is -2.37. The molecule has 1 N–H and O–H groups in total. The molecule has 0 radical (unpaired) electrons. The van der Waals surface area contributed by atoms with Crippen molar-refractivity contribution < 1.29 is 9.53 Å². The van der Waals surface area contributed by atoms with Gasteiger partial charge < -0.3 is 14.6 Å². The highest BCUT2D eigenvalue weighted by Crippen LogP contribution is 2.44. The Hall–Kier alpha value is -2.70. The highest BCUT2D eigenvalue weighted by Gasteiger charge is 2.50. The Morgan fingerprint density at radius 2 is 1.90 bits per heavy atom. The van der Waals surface area contributed by atoms with Gasteiger partial charge >= 0.3 is 0 Å². The Labute approximate surface area is 180 Å². The number of amides is 1. The zero-order valence-electron chi connectivity index (χ0n) is 16.6. The second kappa shape index (κ2) is 6.93. The first kappa shape index (κ1) is 18.1. The van der Waals surface area contributed by atoms with Crippen LogP contribution in [0, 0.1) is 0 Å². The van der Waals surface area contributed by atoms with Crippen LogP contribution >= 0.6 is 12.2 Å². The second-order valence-electron chi connectivity index (χ2n) is 8.37. The quantitative estimate of drug-likeness (QED) is 0.659. The largest absolute Gasteiger partial charge is 0.376 e. The van der Waals surface area contributed by atoms with Gasteiger partial charge in [-0.15, -0.1) is 0 Å². The molecule has 3 aliphatic heterocycles. The summed E-state index contributed by atoms with van der Waals surface area (Å²) in [6.45, 7) is 1.33. The van der Waals surface area contributed by atoms with Gasteiger partial charge in [-0.2, -0.15) is 0 Å². The molecule has 0 bridgehead atoms. The van der Waals surface area contributed by atoms with Gasteiger partial charge in [-0.05, 0) is 42.3 Å². The molecule has 3 aromatic rings. The third-order valence-electron chi connectivity index (χ3n) is 6.66. The first-order chi connectivity index (χ1) is 14.7. The second-order valence-corrected chi connectivity index (χ2v) is 8.73. The summed E-state index contributed by atoms with van der Waals surface area (Å²) in [7, 11) is 0. The maximum Gasteiger partial charge on any atom is 0.251 e. The molecule has 3 aliphatic rings. The highest BCUT2D eigenvalue weighted by atomic mass is 32.1. The number of aromatic amines is 1. The van der Waals surface area contributed by atoms with E-state index in [4.69, 9.17) is 17.0 Å². The van der Waals surface area contributed by atoms with Crippen LogP contribution in [0.3, 0.4) is 0 Å². The summed E-state index contributed by atoms with van der Waals surface area (Å²) in [5.41, 5.74) is 4.63. The Balaban J connectivity index is 1.47. The lowest BCUT2D eigenvalue weighted by Crippen LogP contribution is -2.44. The average Bonchev–Trinajstić information content (AvgIpc) is 3.48. The summed E-state index contributed by atoms with van der Waals surface area (Å²) in [5, 5.41) is 1.82. The minimum Gasteiger partial charge on any atom is -0.376 e. The molecule has 2 saturated heterocycles. The summed E-state index contributed by atoms with van der Waals surface area (Å²) < 4.78 is 5.80. The highest BCUT2D eigenvalue weighted by molar-refractivity contribution is 7.80. The lowest BCUT2D eigenvalue weighted by molar-refractivity contribution is -0.129. The molecular formula is C24H23N3O2S. The van der Waals surface area contributed by atoms with E-state index in [9.17, 15) is 4.79 Å². The number of carbonyl (C=O) groups is 1. The van der Waals surface area contributed by atoms with Crippen molar-refractivity contribution in [2.45, 2.75) is 37.5 Å². The molecule has 6 heteroatoms. The van der Waals surface area contributed by atoms with Gasteiger partial charge in [0.05, 0.1) is 18.7 Å². The Morgan fingerprint density at radius 3 is 2.70 bits per heavy atom. The molecule has 6 rings (SSSR count). The van der Waals surface area contributed by atoms with Crippen LogP contribution in [0.5, 0.6) is 0 Å². The van der Waals surface area contributed by atoms with Crippen LogP contribution in [0.15, 0.2) is 54.6 Å². The summed E-state index contributed by atoms with van der Waals surface area (Å²) in [6.07, 6.45) is 2.80. The van der Waals surface area contributed by atoms with Gasteiger partial charge in [0.2, 0.25) is 0 Å². The molecule has 5 nitrogen and oxygen atoms in total. The van der Waals surface area contributed by atoms with Crippen LogP contribution < -0.4 is 0 Å². The lowest BCUT2D eigenvalue weighted by atomic mass is 9.89. The number of aromatic nitrogens is 1. The number of carbonyl (C=O) groups excluding carboxylic acids is 1. The van der Waals surface area contributed by atoms with Crippen molar-refractivity contribution in [1.82, 2.24) is 14.8 Å². The van der Waals surface area contributed by atoms with Crippen LogP contribution in [-0.2, 0) is 16.0 Å². The zero-order valence-corrected chi connectivity index (χ0v) is 17.4. The molecule has 0 spiro atoms. The minimum atomic E-state index is -0.268. The van der Waals surface area contributed by atoms with Crippen molar-refractivity contribution in [3.05, 3.63) is 71.4 Å². The van der Waals surface area contributed by atoms with Crippen LogP contribution in [0.2, 0.25) is 0 Å². The summed E-state index contributed by atoms with van der Waals surface area (Å²) in [5.74, 6) is 0.104. The van der Waals surface area contributed by atoms with E-state index in [1.54, 1.807) is 4.90 Å². The molecule has 1 amide bonds. The van der Waals surface area contributed by atoms with Gasteiger partial charge in [-0.25, -0.2) is 0 Å². The van der Waals surface area contributed by atoms with Gasteiger partial charge in [0.15, 0.2) is 5.11 Å². The van der Waals surface area contributed by atoms with Gasteiger partial charge in [0.1, 0.15) is 6.04 Å². The summed E-state index contributed by atoms with van der Waals surface area (Å²) in [6, 6.07) is 18.3. The Bertz CT molecular complexity index is 1140. The van der Waals surface area contributed by atoms with Crippen molar-refractivity contribution in [3.8, 4) is 0 Å². The van der Waals surface area contributed by atoms with E-state index in [-0.39, 0.29) is 24.1 Å². The molecule has 30 heavy (non-hydrogen) atoms. The third kappa shape index (κ3) is 2.63. The van der Waals surface area contributed by atoms with E-state index >= 15 is 0 Å². The molecule has 4 heterocycles. The molecule has 1 aromatic heterocycles. The number of ether oxygens (including phenoxy) is 1. The topological polar surface area (TPSA) is 48.6 Å². The maximum atomic E-state index is 13.5. The fourth-order valence-electron chi connectivity index (χ4n) is 5.27. The van der Waals surface area contributed by atoms with E-state index in [1.807, 2.05) is 24.3 Å². The number of hydrogen-bond donors (Lipinski definition) is 1. The fraction of sp³-hybridized carbons (Fsp3) is 0.333. The van der Waals surface area contributed by atoms with E-state index in [2.05, 4.69) is 40.2 Å². The fourth-order valence-corrected chi connectivity index (χ4v) is 5.67. The molecule has 2 fully saturated rings. The first-order valence-corrected chi connectivity index (χ1v) is 11.0. The number of para-hydroxylation sites is 1. The molecule has 152 valence electrons. The Kier molecular flexibility index (Phi) is 4.18. The predicted octanol–water partition coefficient (Wildman–Crippen LogP) is 3.79. The van der Waals surface area contributed by atoms with Gasteiger partial charge in [-0.3, -0.25) is 9.69 Å². The van der Waals surface area contributed by atoms with E-state index in [0.29, 0.717) is 18.1 Å². The van der Waals surface area contributed by atoms with Crippen LogP contribution in [0.1, 0.15) is 35.7 Å². The monoisotopic (exact) mass is 417 g/mol. The van der Waals surface area contributed by atoms with Crippen molar-refractivity contribution in [1.29, 1.82) is 0 Å². The number of thiocarbonyl (C=S) groups is 1. The first-order valence-electron chi connectivity index (χ1n) is 10.6. The van der Waals surface area contributed by atoms with Gasteiger partial charge in [-0.1, -0.05) is 48.5 Å². The third-order valence-corrected chi connectivity index (χ3v) is 7.09. The van der Waals surface area contributed by atoms with Gasteiger partial charge in [0, 0.05) is 29.6 Å². The standard InChI is InChI=1S/C24H23N3O2S/c28-23-20-13-18-17-10-4-5-11-19(17)25-21(18)22(15-7-2-1-3-8-15)27(20)24(30)26(23)14-16-9-6-12-29-16/h1-5,7-8,10-11,16,20,22,25H,6,9,12-14H2/t16-,20+,22+/m1/s1. The predicted molar refractivity (Wildman–Crippen MR) is 119 cm³/mol. The maximum absolute atomic E-state index is 13.5. The van der Waals surface area contributed by atoms with E-state index in [1.165, 1.54) is 10.9 Å². The average molecular weight is 418 g/mol. The van der Waals surface area contributed by atoms with E-state index < -0.39 is 0 Å². The van der Waals surface area contributed by atoms with E-state index in [0.717, 1.165) is 36.2 Å². The van der Waals surface area contributed by atoms with Crippen LogP contribution in [0.25, 0.3) is 10.9 Å². The number of H-pyrrole nitrogens is 1. The smallest absolute Gasteiger partial charge is 0.251 e. The van der Waals surface area contributed by atoms with Crippen molar-refractivity contribution in [2.75, 3.05) is 13.2 Å². The molecule has 2 aromatic carbocycles. The number of hydrogen-bond acceptors (Lipinski definition) is 3. The summed E-state index contributed by atoms with van der Waals surface area (Å²) >= 11 is 5.90. The number of benzene rings is 2. The van der Waals surface area contributed by atoms with Crippen molar-refractivity contribution >= 4 is 34.1 Å². The van der Waals surface area contributed by atoms with Crippen molar-refractivity contribution in [3.63, 3.8) is 0 Å². The number of rotatable bonds is 3. The SMILES string of the molecule is O=C1[C@@H]2Cc3c([nH]c4ccccc34)[C@H](c3ccccc3)N2C(=S)N1C[C@H]1CCCO1. The molecular weight excluding hydrogens is 394 g/mol. The summed E-state index contributed by atoms with van der Waals surface area (Å²) in [4.78, 5) is 21.1. The number of nitrogens with zero attached hydrogens (tertiary/aromatic N) is 2. The van der Waals surface area contributed by atoms with Crippen molar-refractivity contribution in [2.24, 2.45) is 0 Å². The molecule has 0 aliphatic carbocycles. The number of nitrogens with one attached hydrogen (secondary N) is 1. The molecule has 0 saturated carbocycles. The number of fused-ring (bicyclic) bond motifs is 4. The minimum absolute atomic E-state index is 0.0853. The molecule has 3 atom stereocenters. The Morgan fingerprint density at radius 1 is 1.10 bits per heavy atom. The van der Waals surface area contributed by atoms with Crippen LogP contribution in [-0.4, -0.2) is 51.1 Å².